The highest BCUT2D eigenvalue weighted by Crippen LogP contribution is 2.32. The van der Waals surface area contributed by atoms with E-state index < -0.39 is 12.1 Å². The molecule has 1 atom stereocenters. The van der Waals surface area contributed by atoms with E-state index >= 15 is 0 Å². The molecule has 33 heavy (non-hydrogen) atoms. The van der Waals surface area contributed by atoms with Gasteiger partial charge >= 0.3 is 0 Å². The number of carbonyl (C=O) groups is 2. The first kappa shape index (κ1) is 20.4. The second-order valence-electron chi connectivity index (χ2n) is 7.52. The summed E-state index contributed by atoms with van der Waals surface area (Å²) in [5.41, 5.74) is 5.31. The maximum Gasteiger partial charge on any atom is 0.276 e. The second kappa shape index (κ2) is 8.92. The van der Waals surface area contributed by atoms with Gasteiger partial charge in [-0.3, -0.25) is 15.0 Å². The molecule has 2 amide bonds. The molecule has 1 unspecified atom stereocenters. The normalized spacial score (nSPS) is 14.8. The minimum Gasteiger partial charge on any atom is -0.489 e. The van der Waals surface area contributed by atoms with Crippen LogP contribution in [0.1, 0.15) is 38.2 Å². The van der Waals surface area contributed by atoms with Gasteiger partial charge in [-0.2, -0.15) is 0 Å². The van der Waals surface area contributed by atoms with Crippen molar-refractivity contribution in [3.8, 4) is 5.75 Å². The van der Waals surface area contributed by atoms with E-state index in [-0.39, 0.29) is 5.91 Å². The van der Waals surface area contributed by atoms with Gasteiger partial charge in [-0.1, -0.05) is 42.5 Å². The first-order valence-corrected chi connectivity index (χ1v) is 10.5. The van der Waals surface area contributed by atoms with Crippen molar-refractivity contribution >= 4 is 17.5 Å². The van der Waals surface area contributed by atoms with Crippen LogP contribution >= 0.6 is 0 Å². The van der Waals surface area contributed by atoms with Gasteiger partial charge < -0.3 is 14.5 Å². The minimum atomic E-state index is -0.681. The maximum atomic E-state index is 13.2. The first-order valence-electron chi connectivity index (χ1n) is 10.5. The third-order valence-corrected chi connectivity index (χ3v) is 5.33. The van der Waals surface area contributed by atoms with Crippen LogP contribution in [0, 0.1) is 0 Å². The number of nitrogens with zero attached hydrogens (tertiary/aromatic N) is 1. The summed E-state index contributed by atoms with van der Waals surface area (Å²) in [4.78, 5) is 26.1. The number of fused-ring (bicyclic) bond motifs is 1. The largest absolute Gasteiger partial charge is 0.489 e. The SMILES string of the molecule is O=C(NN1C(=O)c2ccccc2NC1c1ccco1)c1ccc(OCc2ccccc2)cc1. The second-order valence-corrected chi connectivity index (χ2v) is 7.52. The highest BCUT2D eigenvalue weighted by Gasteiger charge is 2.35. The molecule has 0 bridgehead atoms. The van der Waals surface area contributed by atoms with Gasteiger partial charge in [0.05, 0.1) is 11.8 Å². The van der Waals surface area contributed by atoms with Gasteiger partial charge in [0.25, 0.3) is 11.8 Å². The minimum absolute atomic E-state index is 0.332. The average Bonchev–Trinajstić information content (AvgIpc) is 3.40. The summed E-state index contributed by atoms with van der Waals surface area (Å²) in [7, 11) is 0. The van der Waals surface area contributed by atoms with Crippen molar-refractivity contribution in [1.82, 2.24) is 10.4 Å². The fourth-order valence-electron chi connectivity index (χ4n) is 3.63. The number of ether oxygens (including phenoxy) is 1. The number of carbonyl (C=O) groups excluding carboxylic acids is 2. The van der Waals surface area contributed by atoms with Crippen molar-refractivity contribution in [2.75, 3.05) is 5.32 Å². The Bertz CT molecular complexity index is 1250. The molecular formula is C26H21N3O4. The van der Waals surface area contributed by atoms with Gasteiger partial charge in [0.1, 0.15) is 18.1 Å². The number of hydrogen-bond donors (Lipinski definition) is 2. The lowest BCUT2D eigenvalue weighted by Crippen LogP contribution is -2.52. The number of para-hydroxylation sites is 1. The van der Waals surface area contributed by atoms with Crippen molar-refractivity contribution in [1.29, 1.82) is 0 Å². The highest BCUT2D eigenvalue weighted by molar-refractivity contribution is 6.03. The average molecular weight is 439 g/mol. The Hall–Kier alpha value is -4.52. The molecule has 0 radical (unpaired) electrons. The van der Waals surface area contributed by atoms with Crippen LogP contribution in [0.3, 0.4) is 0 Å². The Morgan fingerprint density at radius 3 is 2.45 bits per heavy atom. The molecule has 1 aromatic heterocycles. The van der Waals surface area contributed by atoms with Gasteiger partial charge in [-0.05, 0) is 54.1 Å². The van der Waals surface area contributed by atoms with Crippen LogP contribution in [0.25, 0.3) is 0 Å². The van der Waals surface area contributed by atoms with Crippen LogP contribution < -0.4 is 15.5 Å². The summed E-state index contributed by atoms with van der Waals surface area (Å²) in [6.07, 6.45) is 0.843. The summed E-state index contributed by atoms with van der Waals surface area (Å²) in [5.74, 6) is 0.397. The van der Waals surface area contributed by atoms with E-state index in [1.165, 1.54) is 11.3 Å². The zero-order chi connectivity index (χ0) is 22.6. The molecule has 3 aromatic carbocycles. The Morgan fingerprint density at radius 2 is 1.70 bits per heavy atom. The van der Waals surface area contributed by atoms with Crippen molar-refractivity contribution < 1.29 is 18.7 Å². The molecule has 2 N–H and O–H groups in total. The molecule has 1 aliphatic rings. The molecule has 7 heteroatoms. The third kappa shape index (κ3) is 4.29. The first-order chi connectivity index (χ1) is 16.2. The molecule has 0 fully saturated rings. The van der Waals surface area contributed by atoms with E-state index in [0.717, 1.165) is 5.56 Å². The van der Waals surface area contributed by atoms with E-state index in [9.17, 15) is 9.59 Å². The molecule has 1 aliphatic heterocycles. The number of rotatable bonds is 6. The summed E-state index contributed by atoms with van der Waals surface area (Å²) >= 11 is 0. The number of amides is 2. The Kier molecular flexibility index (Phi) is 5.51. The highest BCUT2D eigenvalue weighted by atomic mass is 16.5. The standard InChI is InChI=1S/C26H21N3O4/c30-25(19-12-14-20(15-13-19)33-17-18-7-2-1-3-8-18)28-29-24(23-11-6-16-32-23)27-22-10-5-4-9-21(22)26(29)31/h1-16,24,27H,17H2,(H,28,30). The van der Waals surface area contributed by atoms with Crippen LogP contribution in [0.2, 0.25) is 0 Å². The van der Waals surface area contributed by atoms with E-state index in [1.54, 1.807) is 48.5 Å². The van der Waals surface area contributed by atoms with Gasteiger partial charge in [0.2, 0.25) is 0 Å². The van der Waals surface area contributed by atoms with Crippen molar-refractivity contribution in [2.24, 2.45) is 0 Å². The van der Waals surface area contributed by atoms with Crippen molar-refractivity contribution in [3.05, 3.63) is 120 Å². The molecule has 0 saturated carbocycles. The lowest BCUT2D eigenvalue weighted by molar-refractivity contribution is 0.0467. The van der Waals surface area contributed by atoms with E-state index in [0.29, 0.717) is 34.9 Å². The molecule has 0 aliphatic carbocycles. The van der Waals surface area contributed by atoms with Crippen LogP contribution in [0.4, 0.5) is 5.69 Å². The van der Waals surface area contributed by atoms with Gasteiger partial charge in [0.15, 0.2) is 6.17 Å². The summed E-state index contributed by atoms with van der Waals surface area (Å²) in [5, 5.41) is 4.51. The molecule has 4 aromatic rings. The van der Waals surface area contributed by atoms with E-state index in [1.807, 2.05) is 42.5 Å². The molecule has 0 saturated heterocycles. The quantitative estimate of drug-likeness (QED) is 0.452. The van der Waals surface area contributed by atoms with E-state index in [2.05, 4.69) is 10.7 Å². The molecule has 2 heterocycles. The zero-order valence-corrected chi connectivity index (χ0v) is 17.6. The Balaban J connectivity index is 1.32. The van der Waals surface area contributed by atoms with Gasteiger partial charge in [-0.15, -0.1) is 0 Å². The Morgan fingerprint density at radius 1 is 0.939 bits per heavy atom. The maximum absolute atomic E-state index is 13.2. The number of benzene rings is 3. The fraction of sp³-hybridized carbons (Fsp3) is 0.0769. The summed E-state index contributed by atoms with van der Waals surface area (Å²) < 4.78 is 11.3. The van der Waals surface area contributed by atoms with Crippen molar-refractivity contribution in [3.63, 3.8) is 0 Å². The van der Waals surface area contributed by atoms with Crippen LogP contribution in [0.5, 0.6) is 5.75 Å². The molecule has 0 spiro atoms. The summed E-state index contributed by atoms with van der Waals surface area (Å²) in [6, 6.07) is 27.2. The topological polar surface area (TPSA) is 83.8 Å². The third-order valence-electron chi connectivity index (χ3n) is 5.33. The number of furan rings is 1. The van der Waals surface area contributed by atoms with Crippen molar-refractivity contribution in [2.45, 2.75) is 12.8 Å². The van der Waals surface area contributed by atoms with Gasteiger partial charge in [0, 0.05) is 11.3 Å². The summed E-state index contributed by atoms with van der Waals surface area (Å²) in [6.45, 7) is 0.435. The molecular weight excluding hydrogens is 418 g/mol. The molecule has 5 rings (SSSR count). The smallest absolute Gasteiger partial charge is 0.276 e. The predicted octanol–water partition coefficient (Wildman–Crippen LogP) is 4.77. The monoisotopic (exact) mass is 439 g/mol. The van der Waals surface area contributed by atoms with Crippen LogP contribution in [0.15, 0.2) is 102 Å². The number of anilines is 1. The van der Waals surface area contributed by atoms with Crippen LogP contribution in [-0.2, 0) is 6.61 Å². The zero-order valence-electron chi connectivity index (χ0n) is 17.6. The molecule has 164 valence electrons. The fourth-order valence-corrected chi connectivity index (χ4v) is 3.63. The van der Waals surface area contributed by atoms with Gasteiger partial charge in [-0.25, -0.2) is 5.01 Å². The van der Waals surface area contributed by atoms with Crippen LogP contribution in [-0.4, -0.2) is 16.8 Å². The predicted molar refractivity (Wildman–Crippen MR) is 122 cm³/mol. The Labute approximate surface area is 190 Å². The molecule has 7 nitrogen and oxygen atoms in total. The van der Waals surface area contributed by atoms with E-state index in [4.69, 9.17) is 9.15 Å². The number of hydrazine groups is 1. The number of hydrogen-bond acceptors (Lipinski definition) is 5. The lowest BCUT2D eigenvalue weighted by atomic mass is 10.1. The number of nitrogens with one attached hydrogen (secondary N) is 2. The lowest BCUT2D eigenvalue weighted by Gasteiger charge is -2.36.